The van der Waals surface area contributed by atoms with Crippen molar-refractivity contribution in [2.45, 2.75) is 13.3 Å². The van der Waals surface area contributed by atoms with Crippen LogP contribution in [0.25, 0.3) is 10.9 Å². The first-order chi connectivity index (χ1) is 10.1. The van der Waals surface area contributed by atoms with Gasteiger partial charge in [0, 0.05) is 10.3 Å². The van der Waals surface area contributed by atoms with Crippen molar-refractivity contribution < 1.29 is 9.90 Å². The summed E-state index contributed by atoms with van der Waals surface area (Å²) in [5, 5.41) is 20.2. The number of hydrogen-bond donors (Lipinski definition) is 2. The van der Waals surface area contributed by atoms with Gasteiger partial charge in [0.25, 0.3) is 5.91 Å². The van der Waals surface area contributed by atoms with Crippen LogP contribution in [0.1, 0.15) is 10.4 Å². The molecule has 1 aromatic carbocycles. The lowest BCUT2D eigenvalue weighted by Crippen LogP contribution is -1.95. The Balaban J connectivity index is 1.87. The zero-order valence-corrected chi connectivity index (χ0v) is 12.1. The van der Waals surface area contributed by atoms with E-state index in [1.54, 1.807) is 0 Å². The molecule has 0 radical (unpaired) electrons. The smallest absolute Gasteiger partial charge is 0.269 e. The number of para-hydroxylation sites is 1. The van der Waals surface area contributed by atoms with Crippen molar-refractivity contribution in [1.82, 2.24) is 4.98 Å². The minimum absolute atomic E-state index is 0.0769. The summed E-state index contributed by atoms with van der Waals surface area (Å²) < 4.78 is 0. The number of azo groups is 1. The molecule has 0 aliphatic heterocycles. The number of aryl methyl sites for hydroxylation is 1. The van der Waals surface area contributed by atoms with E-state index in [-0.39, 0.29) is 18.2 Å². The molecule has 2 heterocycles. The summed E-state index contributed by atoms with van der Waals surface area (Å²) in [5.41, 5.74) is 2.09. The molecule has 6 heteroatoms. The number of rotatable bonds is 3. The average molecular weight is 299 g/mol. The first kappa shape index (κ1) is 13.5. The van der Waals surface area contributed by atoms with E-state index in [1.807, 2.05) is 42.6 Å². The monoisotopic (exact) mass is 299 g/mol. The van der Waals surface area contributed by atoms with Crippen molar-refractivity contribution in [3.8, 4) is 5.88 Å². The molecule has 0 fully saturated rings. The Hall–Kier alpha value is -2.47. The van der Waals surface area contributed by atoms with E-state index < -0.39 is 0 Å². The number of nitrogens with one attached hydrogen (secondary N) is 1. The van der Waals surface area contributed by atoms with Gasteiger partial charge in [0.15, 0.2) is 5.69 Å². The number of fused-ring (bicyclic) bond motifs is 1. The van der Waals surface area contributed by atoms with Gasteiger partial charge in [-0.25, -0.2) is 0 Å². The molecule has 0 spiro atoms. The summed E-state index contributed by atoms with van der Waals surface area (Å²) in [6.45, 7) is 1.93. The van der Waals surface area contributed by atoms with E-state index in [9.17, 15) is 9.90 Å². The number of thiophene rings is 1. The van der Waals surface area contributed by atoms with Crippen molar-refractivity contribution >= 4 is 33.8 Å². The number of nitrogens with zero attached hydrogens (tertiary/aromatic N) is 2. The number of carbonyl (C=O) groups excluding carboxylic acids is 1. The molecule has 106 valence electrons. The number of amides is 1. The van der Waals surface area contributed by atoms with Crippen LogP contribution in [0, 0.1) is 6.92 Å². The van der Waals surface area contributed by atoms with Crippen LogP contribution in [0.5, 0.6) is 5.88 Å². The number of hydrogen-bond acceptors (Lipinski definition) is 4. The molecule has 1 amide bonds. The summed E-state index contributed by atoms with van der Waals surface area (Å²) >= 11 is 1.50. The predicted octanol–water partition coefficient (Wildman–Crippen LogP) is 4.10. The van der Waals surface area contributed by atoms with Gasteiger partial charge in [-0.15, -0.1) is 21.6 Å². The van der Waals surface area contributed by atoms with Gasteiger partial charge < -0.3 is 10.1 Å². The van der Waals surface area contributed by atoms with Crippen LogP contribution in [0.2, 0.25) is 0 Å². The number of aromatic amines is 1. The molecule has 5 nitrogen and oxygen atoms in total. The SMILES string of the molecule is Cc1cccc2c(N=NC(=O)Cc3cccs3)c(O)[nH]c12. The number of H-pyrrole nitrogens is 1. The lowest BCUT2D eigenvalue weighted by molar-refractivity contribution is -0.117. The van der Waals surface area contributed by atoms with E-state index in [0.29, 0.717) is 5.69 Å². The summed E-state index contributed by atoms with van der Waals surface area (Å²) in [4.78, 5) is 15.6. The highest BCUT2D eigenvalue weighted by Gasteiger charge is 2.12. The first-order valence-electron chi connectivity index (χ1n) is 6.42. The molecule has 0 unspecified atom stereocenters. The first-order valence-corrected chi connectivity index (χ1v) is 7.30. The van der Waals surface area contributed by atoms with Crippen LogP contribution in [0.4, 0.5) is 5.69 Å². The standard InChI is InChI=1S/C15H13N3O2S/c1-9-4-2-6-11-13(9)16-15(20)14(11)18-17-12(19)8-10-5-3-7-21-10/h2-7,16,20H,8H2,1H3. The number of benzene rings is 1. The van der Waals surface area contributed by atoms with Gasteiger partial charge in [-0.1, -0.05) is 24.3 Å². The molecular formula is C15H13N3O2S. The molecule has 2 aromatic heterocycles. The van der Waals surface area contributed by atoms with Crippen LogP contribution >= 0.6 is 11.3 Å². The van der Waals surface area contributed by atoms with Gasteiger partial charge in [-0.2, -0.15) is 0 Å². The molecule has 2 N–H and O–H groups in total. The molecule has 0 saturated carbocycles. The Morgan fingerprint density at radius 3 is 2.95 bits per heavy atom. The average Bonchev–Trinajstić information content (AvgIpc) is 3.05. The number of carbonyl (C=O) groups is 1. The second kappa shape index (κ2) is 5.49. The van der Waals surface area contributed by atoms with E-state index in [4.69, 9.17) is 0 Å². The van der Waals surface area contributed by atoms with Gasteiger partial charge in [-0.3, -0.25) is 4.79 Å². The Bertz CT molecular complexity index is 819. The fourth-order valence-electron chi connectivity index (χ4n) is 2.14. The van der Waals surface area contributed by atoms with Crippen molar-refractivity contribution in [2.24, 2.45) is 10.2 Å². The number of aromatic hydroxyl groups is 1. The third-order valence-corrected chi connectivity index (χ3v) is 4.04. The molecule has 0 atom stereocenters. The normalized spacial score (nSPS) is 11.5. The Labute approximate surface area is 125 Å². The van der Waals surface area contributed by atoms with Crippen LogP contribution in [-0.4, -0.2) is 16.0 Å². The molecular weight excluding hydrogens is 286 g/mol. The Morgan fingerprint density at radius 2 is 2.19 bits per heavy atom. The van der Waals surface area contributed by atoms with Crippen LogP contribution in [0.15, 0.2) is 45.9 Å². The lowest BCUT2D eigenvalue weighted by atomic mass is 10.1. The highest BCUT2D eigenvalue weighted by molar-refractivity contribution is 7.10. The van der Waals surface area contributed by atoms with E-state index >= 15 is 0 Å². The quantitative estimate of drug-likeness (QED) is 0.714. The second-order valence-electron chi connectivity index (χ2n) is 4.67. The van der Waals surface area contributed by atoms with Gasteiger partial charge in [0.1, 0.15) is 0 Å². The van der Waals surface area contributed by atoms with Gasteiger partial charge in [-0.05, 0) is 23.9 Å². The molecule has 3 aromatic rings. The molecule has 21 heavy (non-hydrogen) atoms. The van der Waals surface area contributed by atoms with Gasteiger partial charge in [0.2, 0.25) is 5.88 Å². The zero-order valence-electron chi connectivity index (χ0n) is 11.3. The van der Waals surface area contributed by atoms with Crippen molar-refractivity contribution in [2.75, 3.05) is 0 Å². The Kier molecular flexibility index (Phi) is 3.53. The van der Waals surface area contributed by atoms with Crippen LogP contribution in [0.3, 0.4) is 0 Å². The molecule has 0 bridgehead atoms. The maximum atomic E-state index is 11.8. The minimum atomic E-state index is -0.334. The third-order valence-electron chi connectivity index (χ3n) is 3.16. The number of aromatic nitrogens is 1. The molecule has 3 rings (SSSR count). The lowest BCUT2D eigenvalue weighted by Gasteiger charge is -1.94. The maximum absolute atomic E-state index is 11.8. The zero-order chi connectivity index (χ0) is 14.8. The largest absolute Gasteiger partial charge is 0.493 e. The summed E-state index contributed by atoms with van der Waals surface area (Å²) in [6, 6.07) is 9.40. The van der Waals surface area contributed by atoms with E-state index in [2.05, 4.69) is 15.2 Å². The summed E-state index contributed by atoms with van der Waals surface area (Å²) in [7, 11) is 0. The van der Waals surface area contributed by atoms with E-state index in [0.717, 1.165) is 21.3 Å². The fourth-order valence-corrected chi connectivity index (χ4v) is 2.84. The van der Waals surface area contributed by atoms with Crippen LogP contribution < -0.4 is 0 Å². The second-order valence-corrected chi connectivity index (χ2v) is 5.70. The fraction of sp³-hybridized carbons (Fsp3) is 0.133. The highest BCUT2D eigenvalue weighted by Crippen LogP contribution is 2.36. The third kappa shape index (κ3) is 2.71. The van der Waals surface area contributed by atoms with Gasteiger partial charge >= 0.3 is 0 Å². The Morgan fingerprint density at radius 1 is 1.33 bits per heavy atom. The van der Waals surface area contributed by atoms with Gasteiger partial charge in [0.05, 0.1) is 11.9 Å². The van der Waals surface area contributed by atoms with E-state index in [1.165, 1.54) is 11.3 Å². The molecule has 0 aliphatic carbocycles. The van der Waals surface area contributed by atoms with Crippen molar-refractivity contribution in [3.63, 3.8) is 0 Å². The topological polar surface area (TPSA) is 77.8 Å². The summed E-state index contributed by atoms with van der Waals surface area (Å²) in [6.07, 6.45) is 0.226. The van der Waals surface area contributed by atoms with Crippen molar-refractivity contribution in [3.05, 3.63) is 46.2 Å². The predicted molar refractivity (Wildman–Crippen MR) is 82.2 cm³/mol. The van der Waals surface area contributed by atoms with Crippen molar-refractivity contribution in [1.29, 1.82) is 0 Å². The summed E-state index contributed by atoms with van der Waals surface area (Å²) in [5.74, 6) is -0.411. The highest BCUT2D eigenvalue weighted by atomic mass is 32.1. The minimum Gasteiger partial charge on any atom is -0.493 e. The maximum Gasteiger partial charge on any atom is 0.269 e. The van der Waals surface area contributed by atoms with Crippen LogP contribution in [-0.2, 0) is 11.2 Å². The molecule has 0 saturated heterocycles. The molecule has 0 aliphatic rings.